The summed E-state index contributed by atoms with van der Waals surface area (Å²) in [4.78, 5) is 7.12. The van der Waals surface area contributed by atoms with Gasteiger partial charge in [-0.15, -0.1) is 0 Å². The van der Waals surface area contributed by atoms with Crippen LogP contribution in [0.2, 0.25) is 0 Å². The molecule has 6 nitrogen and oxygen atoms in total. The van der Waals surface area contributed by atoms with Gasteiger partial charge in [0.1, 0.15) is 11.5 Å². The first-order chi connectivity index (χ1) is 12.7. The third-order valence-electron chi connectivity index (χ3n) is 4.56. The predicted molar refractivity (Wildman–Crippen MR) is 107 cm³/mol. The minimum Gasteiger partial charge on any atom is -0.497 e. The predicted octanol–water partition coefficient (Wildman–Crippen LogP) is 2.63. The van der Waals surface area contributed by atoms with Gasteiger partial charge in [0.15, 0.2) is 5.96 Å². The van der Waals surface area contributed by atoms with Crippen LogP contribution >= 0.6 is 0 Å². The van der Waals surface area contributed by atoms with Crippen LogP contribution in [0.4, 0.5) is 0 Å². The minimum atomic E-state index is 0.432. The summed E-state index contributed by atoms with van der Waals surface area (Å²) in [6.07, 6.45) is 3.43. The molecule has 0 aromatic heterocycles. The van der Waals surface area contributed by atoms with E-state index in [0.717, 1.165) is 63.0 Å². The van der Waals surface area contributed by atoms with Crippen LogP contribution in [0.1, 0.15) is 38.7 Å². The van der Waals surface area contributed by atoms with Gasteiger partial charge in [0.05, 0.1) is 14.2 Å². The Balaban J connectivity index is 1.90. The lowest BCUT2D eigenvalue weighted by Crippen LogP contribution is -2.44. The highest BCUT2D eigenvalue weighted by atomic mass is 16.5. The fraction of sp³-hybridized carbons (Fsp3) is 0.650. The second kappa shape index (κ2) is 10.9. The zero-order valence-corrected chi connectivity index (χ0v) is 16.7. The van der Waals surface area contributed by atoms with E-state index in [0.29, 0.717) is 6.04 Å². The lowest BCUT2D eigenvalue weighted by molar-refractivity contribution is 0.321. The number of ether oxygens (including phenoxy) is 2. The van der Waals surface area contributed by atoms with E-state index in [1.54, 1.807) is 14.2 Å². The van der Waals surface area contributed by atoms with Gasteiger partial charge in [-0.05, 0) is 37.5 Å². The molecule has 0 bridgehead atoms. The topological polar surface area (TPSA) is 58.1 Å². The van der Waals surface area contributed by atoms with Gasteiger partial charge in [0.2, 0.25) is 0 Å². The van der Waals surface area contributed by atoms with Gasteiger partial charge in [0, 0.05) is 44.8 Å². The van der Waals surface area contributed by atoms with E-state index in [2.05, 4.69) is 46.5 Å². The molecular formula is C20H34N4O2. The zero-order valence-electron chi connectivity index (χ0n) is 16.7. The van der Waals surface area contributed by atoms with Gasteiger partial charge in [-0.2, -0.15) is 0 Å². The van der Waals surface area contributed by atoms with Crippen LogP contribution in [-0.2, 0) is 6.54 Å². The average Bonchev–Trinajstić information content (AvgIpc) is 3.08. The highest BCUT2D eigenvalue weighted by Gasteiger charge is 2.23. The highest BCUT2D eigenvalue weighted by Crippen LogP contribution is 2.24. The fourth-order valence-corrected chi connectivity index (χ4v) is 3.17. The second-order valence-electron chi connectivity index (χ2n) is 6.70. The van der Waals surface area contributed by atoms with Crippen molar-refractivity contribution in [2.75, 3.05) is 40.4 Å². The number of unbranched alkanes of at least 4 members (excludes halogenated alkanes) is 1. The van der Waals surface area contributed by atoms with Crippen LogP contribution in [-0.4, -0.2) is 57.3 Å². The number of likely N-dealkylation sites (tertiary alicyclic amines) is 1. The Morgan fingerprint density at radius 1 is 1.19 bits per heavy atom. The van der Waals surface area contributed by atoms with Crippen molar-refractivity contribution in [1.29, 1.82) is 0 Å². The Bertz CT molecular complexity index is 555. The summed E-state index contributed by atoms with van der Waals surface area (Å²) in [6, 6.07) is 6.51. The van der Waals surface area contributed by atoms with E-state index < -0.39 is 0 Å². The summed E-state index contributed by atoms with van der Waals surface area (Å²) in [5, 5.41) is 6.93. The van der Waals surface area contributed by atoms with Crippen LogP contribution in [0.5, 0.6) is 11.5 Å². The summed E-state index contributed by atoms with van der Waals surface area (Å²) in [5.41, 5.74) is 1.21. The summed E-state index contributed by atoms with van der Waals surface area (Å²) >= 11 is 0. The lowest BCUT2D eigenvalue weighted by atomic mass is 10.2. The molecule has 1 unspecified atom stereocenters. The van der Waals surface area contributed by atoms with Crippen molar-refractivity contribution in [3.63, 3.8) is 0 Å². The van der Waals surface area contributed by atoms with Crippen molar-refractivity contribution >= 4 is 5.96 Å². The monoisotopic (exact) mass is 362 g/mol. The molecule has 1 atom stereocenters. The van der Waals surface area contributed by atoms with Crippen LogP contribution in [0.15, 0.2) is 23.2 Å². The van der Waals surface area contributed by atoms with Gasteiger partial charge >= 0.3 is 0 Å². The van der Waals surface area contributed by atoms with Crippen molar-refractivity contribution in [1.82, 2.24) is 15.5 Å². The van der Waals surface area contributed by atoms with E-state index in [1.165, 1.54) is 12.0 Å². The first-order valence-electron chi connectivity index (χ1n) is 9.67. The molecule has 6 heteroatoms. The Kier molecular flexibility index (Phi) is 8.54. The molecule has 0 amide bonds. The van der Waals surface area contributed by atoms with Crippen molar-refractivity contribution in [2.24, 2.45) is 4.99 Å². The summed E-state index contributed by atoms with van der Waals surface area (Å²) in [5.74, 6) is 2.62. The van der Waals surface area contributed by atoms with Crippen LogP contribution in [0.3, 0.4) is 0 Å². The molecule has 1 saturated heterocycles. The van der Waals surface area contributed by atoms with Gasteiger partial charge in [-0.1, -0.05) is 13.3 Å². The second-order valence-corrected chi connectivity index (χ2v) is 6.70. The van der Waals surface area contributed by atoms with Gasteiger partial charge in [-0.25, -0.2) is 0 Å². The number of methoxy groups -OCH3 is 2. The number of hydrogen-bond acceptors (Lipinski definition) is 4. The molecule has 0 aliphatic carbocycles. The van der Waals surface area contributed by atoms with E-state index in [9.17, 15) is 0 Å². The number of nitrogens with zero attached hydrogens (tertiary/aromatic N) is 2. The largest absolute Gasteiger partial charge is 0.497 e. The molecule has 1 fully saturated rings. The van der Waals surface area contributed by atoms with Crippen molar-refractivity contribution < 1.29 is 9.47 Å². The van der Waals surface area contributed by atoms with Gasteiger partial charge in [0.25, 0.3) is 0 Å². The number of benzene rings is 1. The molecule has 1 aromatic rings. The van der Waals surface area contributed by atoms with Crippen molar-refractivity contribution in [3.05, 3.63) is 23.8 Å². The molecule has 2 N–H and O–H groups in total. The van der Waals surface area contributed by atoms with E-state index in [1.807, 2.05) is 6.07 Å². The summed E-state index contributed by atoms with van der Waals surface area (Å²) in [6.45, 7) is 9.05. The molecule has 26 heavy (non-hydrogen) atoms. The first kappa shape index (κ1) is 20.4. The maximum absolute atomic E-state index is 5.37. The maximum atomic E-state index is 5.37. The Morgan fingerprint density at radius 3 is 2.54 bits per heavy atom. The average molecular weight is 363 g/mol. The summed E-state index contributed by atoms with van der Waals surface area (Å²) < 4.78 is 10.7. The van der Waals surface area contributed by atoms with Crippen LogP contribution < -0.4 is 20.1 Å². The molecule has 146 valence electrons. The lowest BCUT2D eigenvalue weighted by Gasteiger charge is -2.19. The van der Waals surface area contributed by atoms with Crippen LogP contribution in [0.25, 0.3) is 0 Å². The molecule has 1 aliphatic rings. The molecule has 1 aliphatic heterocycles. The number of rotatable bonds is 9. The highest BCUT2D eigenvalue weighted by molar-refractivity contribution is 5.80. The van der Waals surface area contributed by atoms with E-state index >= 15 is 0 Å². The Hall–Kier alpha value is -1.95. The normalized spacial score (nSPS) is 18.0. The number of aliphatic imine (C=N–C) groups is 1. The van der Waals surface area contributed by atoms with Crippen LogP contribution in [0, 0.1) is 0 Å². The molecular weight excluding hydrogens is 328 g/mol. The summed E-state index contributed by atoms with van der Waals surface area (Å²) in [7, 11) is 3.38. The fourth-order valence-electron chi connectivity index (χ4n) is 3.17. The number of guanidine groups is 1. The molecule has 0 spiro atoms. The third-order valence-corrected chi connectivity index (χ3v) is 4.56. The molecule has 1 aromatic carbocycles. The van der Waals surface area contributed by atoms with Gasteiger partial charge < -0.3 is 20.1 Å². The molecule has 1 heterocycles. The minimum absolute atomic E-state index is 0.432. The number of nitrogens with one attached hydrogen (secondary N) is 2. The first-order valence-corrected chi connectivity index (χ1v) is 9.67. The molecule has 2 rings (SSSR count). The third kappa shape index (κ3) is 6.41. The van der Waals surface area contributed by atoms with E-state index in [4.69, 9.17) is 9.47 Å². The van der Waals surface area contributed by atoms with Crippen molar-refractivity contribution in [2.45, 2.75) is 45.7 Å². The maximum Gasteiger partial charge on any atom is 0.191 e. The zero-order chi connectivity index (χ0) is 18.8. The Morgan fingerprint density at radius 2 is 1.92 bits per heavy atom. The SMILES string of the molecule is CCCCN=C(NCC)NC1CCN(Cc2cc(OC)cc(OC)c2)C1. The van der Waals surface area contributed by atoms with Gasteiger partial charge in [-0.3, -0.25) is 9.89 Å². The molecule has 0 radical (unpaired) electrons. The van der Waals surface area contributed by atoms with Crippen molar-refractivity contribution in [3.8, 4) is 11.5 Å². The Labute approximate surface area is 158 Å². The molecule has 0 saturated carbocycles. The smallest absolute Gasteiger partial charge is 0.191 e. The standard InChI is InChI=1S/C20H34N4O2/c1-5-7-9-22-20(21-6-2)23-17-8-10-24(15-17)14-16-11-18(25-3)13-19(12-16)26-4/h11-13,17H,5-10,14-15H2,1-4H3,(H2,21,22,23). The van der Waals surface area contributed by atoms with E-state index in [-0.39, 0.29) is 0 Å². The number of hydrogen-bond donors (Lipinski definition) is 2. The quantitative estimate of drug-likeness (QED) is 0.402.